The number of halogens is 1. The van der Waals surface area contributed by atoms with Gasteiger partial charge in [-0.05, 0) is 55.0 Å². The Hall–Kier alpha value is -4.36. The van der Waals surface area contributed by atoms with Crippen molar-refractivity contribution in [1.29, 1.82) is 0 Å². The number of H-pyrrole nitrogens is 1. The van der Waals surface area contributed by atoms with Crippen LogP contribution in [0.15, 0.2) is 78.9 Å². The Balaban J connectivity index is 1.45. The topological polar surface area (TPSA) is 97.3 Å². The average molecular weight is 472 g/mol. The zero-order chi connectivity index (χ0) is 23.7. The number of nitrogens with one attached hydrogen (secondary N) is 1. The summed E-state index contributed by atoms with van der Waals surface area (Å²) >= 11 is 6.54. The second kappa shape index (κ2) is 8.88. The number of para-hydroxylation sites is 1. The zero-order valence-corrected chi connectivity index (χ0v) is 18.7. The summed E-state index contributed by atoms with van der Waals surface area (Å²) in [7, 11) is 0. The maximum atomic E-state index is 11.4. The average Bonchev–Trinajstić information content (AvgIpc) is 3.21. The number of pyridine rings is 1. The number of aromatic nitrogens is 3. The molecule has 8 heteroatoms. The van der Waals surface area contributed by atoms with Gasteiger partial charge in [0.25, 0.3) is 0 Å². The summed E-state index contributed by atoms with van der Waals surface area (Å²) in [5.74, 6) is 0.704. The van der Waals surface area contributed by atoms with Crippen molar-refractivity contribution in [2.45, 2.75) is 6.92 Å². The number of hydrogen-bond acceptors (Lipinski definition) is 5. The number of aromatic amines is 1. The van der Waals surface area contributed by atoms with E-state index >= 15 is 0 Å². The molecule has 168 valence electrons. The fourth-order valence-corrected chi connectivity index (χ4v) is 3.75. The first-order valence-electron chi connectivity index (χ1n) is 10.4. The van der Waals surface area contributed by atoms with Crippen molar-refractivity contribution in [3.8, 4) is 34.5 Å². The standard InChI is InChI=1S/C26H18ClN3O4/c1-15-10-11-19(13-20(15)25(31)32)34-26-28-22-14-21(27)23(29-24(22)30-26)16-6-5-9-18(12-16)33-17-7-3-2-4-8-17/h2-14H,1H3,(H,31,32)(H,28,29,30). The van der Waals surface area contributed by atoms with E-state index in [0.29, 0.717) is 38.9 Å². The summed E-state index contributed by atoms with van der Waals surface area (Å²) in [6, 6.07) is 23.7. The summed E-state index contributed by atoms with van der Waals surface area (Å²) in [4.78, 5) is 23.4. The Morgan fingerprint density at radius 3 is 2.44 bits per heavy atom. The van der Waals surface area contributed by atoms with E-state index < -0.39 is 5.97 Å². The van der Waals surface area contributed by atoms with Crippen LogP contribution in [0.4, 0.5) is 0 Å². The van der Waals surface area contributed by atoms with Crippen LogP contribution < -0.4 is 9.47 Å². The molecule has 0 unspecified atom stereocenters. The molecule has 0 aliphatic heterocycles. The molecule has 0 aliphatic carbocycles. The number of carboxylic acids is 1. The van der Waals surface area contributed by atoms with Gasteiger partial charge in [0.15, 0.2) is 5.65 Å². The van der Waals surface area contributed by atoms with Crippen LogP contribution in [0.3, 0.4) is 0 Å². The van der Waals surface area contributed by atoms with E-state index in [1.165, 1.54) is 6.07 Å². The molecular formula is C26H18ClN3O4. The molecule has 5 rings (SSSR count). The summed E-state index contributed by atoms with van der Waals surface area (Å²) in [5, 5.41) is 9.76. The fourth-order valence-electron chi connectivity index (χ4n) is 3.48. The quantitative estimate of drug-likeness (QED) is 0.280. The summed E-state index contributed by atoms with van der Waals surface area (Å²) in [5.41, 5.74) is 3.13. The van der Waals surface area contributed by atoms with Gasteiger partial charge in [0.1, 0.15) is 17.2 Å². The number of nitrogens with zero attached hydrogens (tertiary/aromatic N) is 2. The first-order valence-corrected chi connectivity index (χ1v) is 10.8. The van der Waals surface area contributed by atoms with Crippen LogP contribution in [0.25, 0.3) is 22.4 Å². The van der Waals surface area contributed by atoms with E-state index in [-0.39, 0.29) is 11.6 Å². The lowest BCUT2D eigenvalue weighted by molar-refractivity contribution is 0.0695. The van der Waals surface area contributed by atoms with Crippen molar-refractivity contribution in [2.24, 2.45) is 0 Å². The summed E-state index contributed by atoms with van der Waals surface area (Å²) in [6.45, 7) is 1.72. The molecule has 0 fully saturated rings. The van der Waals surface area contributed by atoms with Gasteiger partial charge in [0.2, 0.25) is 0 Å². The molecule has 3 aromatic carbocycles. The van der Waals surface area contributed by atoms with Crippen LogP contribution in [-0.4, -0.2) is 26.0 Å². The number of carboxylic acid groups (broad SMARTS) is 1. The van der Waals surface area contributed by atoms with Crippen molar-refractivity contribution in [3.63, 3.8) is 0 Å². The molecule has 2 N–H and O–H groups in total. The van der Waals surface area contributed by atoms with Gasteiger partial charge in [-0.25, -0.2) is 9.78 Å². The highest BCUT2D eigenvalue weighted by atomic mass is 35.5. The predicted molar refractivity (Wildman–Crippen MR) is 129 cm³/mol. The number of aryl methyl sites for hydroxylation is 1. The Morgan fingerprint density at radius 2 is 1.65 bits per heavy atom. The lowest BCUT2D eigenvalue weighted by Crippen LogP contribution is -2.00. The van der Waals surface area contributed by atoms with Crippen molar-refractivity contribution >= 4 is 28.7 Å². The maximum Gasteiger partial charge on any atom is 0.336 e. The summed E-state index contributed by atoms with van der Waals surface area (Å²) < 4.78 is 11.7. The van der Waals surface area contributed by atoms with E-state index in [2.05, 4.69) is 15.0 Å². The number of benzene rings is 3. The van der Waals surface area contributed by atoms with Gasteiger partial charge in [0, 0.05) is 5.56 Å². The minimum Gasteiger partial charge on any atom is -0.478 e. The molecular weight excluding hydrogens is 454 g/mol. The molecule has 5 aromatic rings. The molecule has 2 aromatic heterocycles. The second-order valence-electron chi connectivity index (χ2n) is 7.56. The fraction of sp³-hybridized carbons (Fsp3) is 0.0385. The third-order valence-electron chi connectivity index (χ3n) is 5.15. The molecule has 0 amide bonds. The monoisotopic (exact) mass is 471 g/mol. The molecule has 0 atom stereocenters. The maximum absolute atomic E-state index is 11.4. The smallest absolute Gasteiger partial charge is 0.336 e. The van der Waals surface area contributed by atoms with Crippen molar-refractivity contribution < 1.29 is 19.4 Å². The minimum atomic E-state index is -1.02. The number of hydrogen-bond donors (Lipinski definition) is 2. The van der Waals surface area contributed by atoms with E-state index in [1.54, 1.807) is 25.1 Å². The SMILES string of the molecule is Cc1ccc(Oc2nc3nc(-c4cccc(Oc5ccccc5)c4)c(Cl)cc3[nH]2)cc1C(=O)O. The highest BCUT2D eigenvalue weighted by molar-refractivity contribution is 6.33. The van der Waals surface area contributed by atoms with Crippen molar-refractivity contribution in [3.05, 3.63) is 95.0 Å². The van der Waals surface area contributed by atoms with Crippen LogP contribution in [0.1, 0.15) is 15.9 Å². The van der Waals surface area contributed by atoms with Gasteiger partial charge in [-0.2, -0.15) is 4.98 Å². The predicted octanol–water partition coefficient (Wildman–Crippen LogP) is 6.87. The van der Waals surface area contributed by atoms with Gasteiger partial charge >= 0.3 is 12.0 Å². The van der Waals surface area contributed by atoms with E-state index in [9.17, 15) is 9.90 Å². The first kappa shape index (κ1) is 21.5. The van der Waals surface area contributed by atoms with Crippen LogP contribution in [0, 0.1) is 6.92 Å². The Labute approximate surface area is 199 Å². The Bertz CT molecular complexity index is 1520. The number of aromatic carboxylic acids is 1. The number of carbonyl (C=O) groups is 1. The van der Waals surface area contributed by atoms with E-state index in [0.717, 1.165) is 11.3 Å². The Kier molecular flexibility index (Phi) is 5.61. The van der Waals surface area contributed by atoms with Gasteiger partial charge in [-0.15, -0.1) is 0 Å². The molecule has 0 bridgehead atoms. The molecule has 0 aliphatic rings. The normalized spacial score (nSPS) is 10.9. The lowest BCUT2D eigenvalue weighted by atomic mass is 10.1. The van der Waals surface area contributed by atoms with Gasteiger partial charge in [0.05, 0.1) is 21.8 Å². The molecule has 0 radical (unpaired) electrons. The number of fused-ring (bicyclic) bond motifs is 1. The van der Waals surface area contributed by atoms with Gasteiger partial charge in [-0.1, -0.05) is 48.0 Å². The van der Waals surface area contributed by atoms with Gasteiger partial charge in [-0.3, -0.25) is 0 Å². The molecule has 7 nitrogen and oxygen atoms in total. The number of rotatable bonds is 6. The van der Waals surface area contributed by atoms with E-state index in [4.69, 9.17) is 21.1 Å². The molecule has 2 heterocycles. The lowest BCUT2D eigenvalue weighted by Gasteiger charge is -2.08. The molecule has 34 heavy (non-hydrogen) atoms. The third-order valence-corrected chi connectivity index (χ3v) is 5.43. The molecule has 0 saturated heterocycles. The second-order valence-corrected chi connectivity index (χ2v) is 7.97. The number of ether oxygens (including phenoxy) is 2. The molecule has 0 spiro atoms. The highest BCUT2D eigenvalue weighted by Gasteiger charge is 2.14. The zero-order valence-electron chi connectivity index (χ0n) is 17.9. The largest absolute Gasteiger partial charge is 0.478 e. The first-order chi connectivity index (χ1) is 16.5. The van der Waals surface area contributed by atoms with Crippen LogP contribution in [-0.2, 0) is 0 Å². The van der Waals surface area contributed by atoms with Gasteiger partial charge < -0.3 is 19.6 Å². The summed E-state index contributed by atoms with van der Waals surface area (Å²) in [6.07, 6.45) is 0. The van der Waals surface area contributed by atoms with Crippen LogP contribution in [0.2, 0.25) is 5.02 Å². The highest BCUT2D eigenvalue weighted by Crippen LogP contribution is 2.33. The van der Waals surface area contributed by atoms with E-state index in [1.807, 2.05) is 54.6 Å². The van der Waals surface area contributed by atoms with Crippen molar-refractivity contribution in [1.82, 2.24) is 15.0 Å². The number of imidazole rings is 1. The third kappa shape index (κ3) is 4.42. The minimum absolute atomic E-state index is 0.162. The molecule has 0 saturated carbocycles. The van der Waals surface area contributed by atoms with Crippen LogP contribution >= 0.6 is 11.6 Å². The Morgan fingerprint density at radius 1 is 0.882 bits per heavy atom. The van der Waals surface area contributed by atoms with Crippen LogP contribution in [0.5, 0.6) is 23.3 Å². The van der Waals surface area contributed by atoms with Crippen molar-refractivity contribution in [2.75, 3.05) is 0 Å².